The first kappa shape index (κ1) is 18.6. The molecule has 1 aromatic heterocycles. The fourth-order valence-corrected chi connectivity index (χ4v) is 3.01. The van der Waals surface area contributed by atoms with Crippen molar-refractivity contribution >= 4 is 41.1 Å². The van der Waals surface area contributed by atoms with E-state index in [4.69, 9.17) is 16.0 Å². The maximum atomic E-state index is 11.4. The average molecular weight is 403 g/mol. The van der Waals surface area contributed by atoms with Crippen LogP contribution >= 0.6 is 23.4 Å². The molecule has 8 nitrogen and oxygen atoms in total. The first-order chi connectivity index (χ1) is 13.0. The fraction of sp³-hybridized carbons (Fsp3) is 0. The van der Waals surface area contributed by atoms with Gasteiger partial charge in [-0.15, -0.1) is 10.2 Å². The summed E-state index contributed by atoms with van der Waals surface area (Å²) in [6.07, 6.45) is 1.12. The SMILES string of the molecule is O=C([O-])/C(=C\c1ccccc1[N+](=O)[O-])Sc1nnc(-c2ccccc2Cl)o1. The number of aromatic nitrogens is 2. The van der Waals surface area contributed by atoms with Gasteiger partial charge in [-0.1, -0.05) is 35.9 Å². The van der Waals surface area contributed by atoms with Gasteiger partial charge in [0, 0.05) is 11.0 Å². The Kier molecular flexibility index (Phi) is 5.53. The second-order valence-corrected chi connectivity index (χ2v) is 6.47. The van der Waals surface area contributed by atoms with E-state index in [1.54, 1.807) is 30.3 Å². The first-order valence-electron chi connectivity index (χ1n) is 7.38. The first-order valence-corrected chi connectivity index (χ1v) is 8.58. The molecule has 0 saturated heterocycles. The minimum Gasteiger partial charge on any atom is -0.544 e. The lowest BCUT2D eigenvalue weighted by molar-refractivity contribution is -0.385. The minimum absolute atomic E-state index is 0.0704. The molecule has 10 heteroatoms. The van der Waals surface area contributed by atoms with Crippen LogP contribution in [0.25, 0.3) is 17.5 Å². The van der Waals surface area contributed by atoms with E-state index in [0.717, 1.165) is 6.08 Å². The highest BCUT2D eigenvalue weighted by Gasteiger charge is 2.16. The van der Waals surface area contributed by atoms with Gasteiger partial charge in [0.15, 0.2) is 0 Å². The van der Waals surface area contributed by atoms with Gasteiger partial charge >= 0.3 is 0 Å². The topological polar surface area (TPSA) is 122 Å². The van der Waals surface area contributed by atoms with Crippen LogP contribution in [-0.2, 0) is 4.79 Å². The molecule has 0 aliphatic heterocycles. The van der Waals surface area contributed by atoms with Crippen molar-refractivity contribution in [3.63, 3.8) is 0 Å². The summed E-state index contributed by atoms with van der Waals surface area (Å²) >= 11 is 6.69. The minimum atomic E-state index is -1.53. The van der Waals surface area contributed by atoms with Crippen LogP contribution < -0.4 is 5.11 Å². The van der Waals surface area contributed by atoms with Crippen molar-refractivity contribution < 1.29 is 19.2 Å². The van der Waals surface area contributed by atoms with Gasteiger partial charge in [-0.2, -0.15) is 0 Å². The third kappa shape index (κ3) is 4.33. The van der Waals surface area contributed by atoms with E-state index < -0.39 is 10.9 Å². The Balaban J connectivity index is 1.92. The molecule has 0 saturated carbocycles. The molecule has 3 aromatic rings. The van der Waals surface area contributed by atoms with Crippen LogP contribution in [0.1, 0.15) is 5.56 Å². The highest BCUT2D eigenvalue weighted by atomic mass is 35.5. The maximum Gasteiger partial charge on any atom is 0.281 e. The van der Waals surface area contributed by atoms with Crippen molar-refractivity contribution in [1.82, 2.24) is 10.2 Å². The van der Waals surface area contributed by atoms with Gasteiger partial charge in [-0.3, -0.25) is 10.1 Å². The summed E-state index contributed by atoms with van der Waals surface area (Å²) in [5, 5.41) is 30.5. The van der Waals surface area contributed by atoms with Crippen molar-refractivity contribution in [2.75, 3.05) is 0 Å². The summed E-state index contributed by atoms with van der Waals surface area (Å²) in [5.74, 6) is -1.41. The third-order valence-corrected chi connectivity index (χ3v) is 4.50. The molecule has 0 amide bonds. The van der Waals surface area contributed by atoms with Gasteiger partial charge < -0.3 is 14.3 Å². The second kappa shape index (κ2) is 8.02. The summed E-state index contributed by atoms with van der Waals surface area (Å²) in [5.41, 5.74) is 0.371. The fourth-order valence-electron chi connectivity index (χ4n) is 2.14. The molecule has 27 heavy (non-hydrogen) atoms. The molecule has 2 aromatic carbocycles. The van der Waals surface area contributed by atoms with Crippen molar-refractivity contribution in [2.45, 2.75) is 5.22 Å². The van der Waals surface area contributed by atoms with Gasteiger partial charge in [0.05, 0.1) is 27.0 Å². The number of para-hydroxylation sites is 1. The largest absolute Gasteiger partial charge is 0.544 e. The Hall–Kier alpha value is -3.17. The number of nitro benzene ring substituents is 1. The van der Waals surface area contributed by atoms with Crippen molar-refractivity contribution in [1.29, 1.82) is 0 Å². The van der Waals surface area contributed by atoms with Crippen LogP contribution in [0.5, 0.6) is 0 Å². The number of carbonyl (C=O) groups excluding carboxylic acids is 1. The van der Waals surface area contributed by atoms with Gasteiger partial charge in [-0.25, -0.2) is 0 Å². The van der Waals surface area contributed by atoms with Crippen molar-refractivity contribution in [3.05, 3.63) is 74.1 Å². The van der Waals surface area contributed by atoms with Crippen molar-refractivity contribution in [3.8, 4) is 11.5 Å². The number of hydrogen-bond acceptors (Lipinski definition) is 8. The highest BCUT2D eigenvalue weighted by Crippen LogP contribution is 2.33. The van der Waals surface area contributed by atoms with Gasteiger partial charge in [0.2, 0.25) is 5.89 Å². The number of thioether (sulfide) groups is 1. The average Bonchev–Trinajstić information content (AvgIpc) is 3.10. The van der Waals surface area contributed by atoms with E-state index in [2.05, 4.69) is 10.2 Å². The molecule has 3 rings (SSSR count). The predicted octanol–water partition coefficient (Wildman–Crippen LogP) is 3.18. The number of carboxylic acids is 1. The smallest absolute Gasteiger partial charge is 0.281 e. The van der Waals surface area contributed by atoms with Crippen LogP contribution in [0.15, 0.2) is 63.1 Å². The van der Waals surface area contributed by atoms with Crippen LogP contribution in [0.2, 0.25) is 5.02 Å². The Morgan fingerprint density at radius 3 is 2.56 bits per heavy atom. The van der Waals surface area contributed by atoms with Gasteiger partial charge in [0.25, 0.3) is 10.9 Å². The quantitative estimate of drug-likeness (QED) is 0.266. The van der Waals surface area contributed by atoms with Gasteiger partial charge in [0.1, 0.15) is 0 Å². The van der Waals surface area contributed by atoms with Crippen LogP contribution in [0, 0.1) is 10.1 Å². The lowest BCUT2D eigenvalue weighted by atomic mass is 10.1. The monoisotopic (exact) mass is 402 g/mol. The predicted molar refractivity (Wildman–Crippen MR) is 96.7 cm³/mol. The van der Waals surface area contributed by atoms with E-state index in [1.807, 2.05) is 0 Å². The lowest BCUT2D eigenvalue weighted by Gasteiger charge is -2.05. The molecule has 0 atom stereocenters. The molecule has 0 radical (unpaired) electrons. The number of nitrogens with zero attached hydrogens (tertiary/aromatic N) is 3. The molecule has 0 fully saturated rings. The summed E-state index contributed by atoms with van der Waals surface area (Å²) < 4.78 is 5.44. The molecule has 0 aliphatic carbocycles. The number of carbonyl (C=O) groups is 1. The Labute approximate surface area is 161 Å². The number of benzene rings is 2. The third-order valence-electron chi connectivity index (χ3n) is 3.33. The van der Waals surface area contributed by atoms with E-state index in [1.165, 1.54) is 18.2 Å². The highest BCUT2D eigenvalue weighted by molar-refractivity contribution is 8.03. The number of nitro groups is 1. The number of carboxylic acid groups (broad SMARTS) is 1. The zero-order valence-corrected chi connectivity index (χ0v) is 14.9. The zero-order valence-electron chi connectivity index (χ0n) is 13.4. The molecule has 0 bridgehead atoms. The Morgan fingerprint density at radius 2 is 1.85 bits per heavy atom. The van der Waals surface area contributed by atoms with Gasteiger partial charge in [-0.05, 0) is 36.0 Å². The molecule has 0 unspecified atom stereocenters. The number of rotatable bonds is 6. The number of hydrogen-bond donors (Lipinski definition) is 0. The standard InChI is InChI=1S/C17H10ClN3O5S/c18-12-7-3-2-6-11(12)15-19-20-17(26-15)27-14(16(22)23)9-10-5-1-4-8-13(10)21(24)25/h1-9H,(H,22,23)/p-1/b14-9+. The van der Waals surface area contributed by atoms with Crippen molar-refractivity contribution in [2.24, 2.45) is 0 Å². The Bertz CT molecular complexity index is 1050. The van der Waals surface area contributed by atoms with E-state index in [-0.39, 0.29) is 27.3 Å². The summed E-state index contributed by atoms with van der Waals surface area (Å²) in [7, 11) is 0. The zero-order chi connectivity index (χ0) is 19.4. The maximum absolute atomic E-state index is 11.4. The summed E-state index contributed by atoms with van der Waals surface area (Å²) in [4.78, 5) is 21.6. The lowest BCUT2D eigenvalue weighted by Crippen LogP contribution is -2.23. The van der Waals surface area contributed by atoms with Crippen LogP contribution in [0.4, 0.5) is 5.69 Å². The number of halogens is 1. The van der Waals surface area contributed by atoms with Crippen LogP contribution in [-0.4, -0.2) is 21.1 Å². The van der Waals surface area contributed by atoms with Crippen LogP contribution in [0.3, 0.4) is 0 Å². The Morgan fingerprint density at radius 1 is 1.15 bits per heavy atom. The van der Waals surface area contributed by atoms with E-state index >= 15 is 0 Å². The number of aliphatic carboxylic acids is 1. The van der Waals surface area contributed by atoms with E-state index in [9.17, 15) is 20.0 Å². The summed E-state index contributed by atoms with van der Waals surface area (Å²) in [6, 6.07) is 12.5. The normalized spacial score (nSPS) is 11.4. The van der Waals surface area contributed by atoms with E-state index in [0.29, 0.717) is 22.3 Å². The molecule has 0 aliphatic rings. The molecule has 0 N–H and O–H groups in total. The summed E-state index contributed by atoms with van der Waals surface area (Å²) in [6.45, 7) is 0. The molecular weight excluding hydrogens is 394 g/mol. The second-order valence-electron chi connectivity index (χ2n) is 5.07. The molecular formula is C17H9ClN3O5S-. The molecule has 1 heterocycles. The molecule has 0 spiro atoms. The molecule has 136 valence electrons.